The third-order valence-corrected chi connectivity index (χ3v) is 3.96. The van der Waals surface area contributed by atoms with E-state index in [2.05, 4.69) is 14.9 Å². The molecule has 0 aliphatic carbocycles. The molecule has 1 aliphatic heterocycles. The molecule has 21 heavy (non-hydrogen) atoms. The summed E-state index contributed by atoms with van der Waals surface area (Å²) in [5, 5.41) is 9.20. The van der Waals surface area contributed by atoms with E-state index in [1.54, 1.807) is 6.20 Å². The van der Waals surface area contributed by atoms with Crippen LogP contribution in [0.25, 0.3) is 11.0 Å². The minimum absolute atomic E-state index is 0.0630. The molecule has 1 aliphatic rings. The van der Waals surface area contributed by atoms with Crippen molar-refractivity contribution in [1.82, 2.24) is 14.9 Å². The molecule has 1 aromatic carbocycles. The van der Waals surface area contributed by atoms with Crippen LogP contribution in [0.4, 0.5) is 10.6 Å². The minimum Gasteiger partial charge on any atom is -0.465 e. The van der Waals surface area contributed by atoms with Gasteiger partial charge < -0.3 is 14.9 Å². The summed E-state index contributed by atoms with van der Waals surface area (Å²) >= 11 is 0. The van der Waals surface area contributed by atoms with E-state index in [1.807, 2.05) is 38.1 Å². The molecular formula is C15H18N4O2. The summed E-state index contributed by atoms with van der Waals surface area (Å²) in [4.78, 5) is 23.9. The molecule has 2 heterocycles. The second-order valence-electron chi connectivity index (χ2n) is 5.50. The lowest BCUT2D eigenvalue weighted by Gasteiger charge is -2.43. The Morgan fingerprint density at radius 3 is 2.62 bits per heavy atom. The zero-order valence-corrected chi connectivity index (χ0v) is 12.1. The van der Waals surface area contributed by atoms with Crippen molar-refractivity contribution in [2.24, 2.45) is 0 Å². The van der Waals surface area contributed by atoms with Crippen molar-refractivity contribution < 1.29 is 9.90 Å². The van der Waals surface area contributed by atoms with Crippen LogP contribution in [0, 0.1) is 0 Å². The molecule has 1 aromatic heterocycles. The normalized spacial score (nSPS) is 22.6. The van der Waals surface area contributed by atoms with Gasteiger partial charge in [0.1, 0.15) is 5.82 Å². The lowest BCUT2D eigenvalue weighted by molar-refractivity contribution is 0.114. The third kappa shape index (κ3) is 2.49. The van der Waals surface area contributed by atoms with Gasteiger partial charge in [0.2, 0.25) is 0 Å². The number of rotatable bonds is 1. The van der Waals surface area contributed by atoms with Crippen LogP contribution in [-0.2, 0) is 0 Å². The quantitative estimate of drug-likeness (QED) is 0.870. The van der Waals surface area contributed by atoms with E-state index in [9.17, 15) is 9.90 Å². The summed E-state index contributed by atoms with van der Waals surface area (Å²) in [7, 11) is 0. The fourth-order valence-electron chi connectivity index (χ4n) is 2.80. The van der Waals surface area contributed by atoms with Crippen molar-refractivity contribution in [1.29, 1.82) is 0 Å². The molecule has 2 aromatic rings. The van der Waals surface area contributed by atoms with Crippen molar-refractivity contribution >= 4 is 22.9 Å². The van der Waals surface area contributed by atoms with Gasteiger partial charge in [0.25, 0.3) is 0 Å². The first kappa shape index (κ1) is 13.6. The van der Waals surface area contributed by atoms with Crippen LogP contribution in [0.5, 0.6) is 0 Å². The van der Waals surface area contributed by atoms with Crippen molar-refractivity contribution in [3.63, 3.8) is 0 Å². The summed E-state index contributed by atoms with van der Waals surface area (Å²) in [5.74, 6) is 0.804. The van der Waals surface area contributed by atoms with Crippen LogP contribution in [0.2, 0.25) is 0 Å². The Morgan fingerprint density at radius 1 is 1.19 bits per heavy atom. The number of nitrogens with zero attached hydrogens (tertiary/aromatic N) is 4. The van der Waals surface area contributed by atoms with Crippen molar-refractivity contribution in [3.8, 4) is 0 Å². The summed E-state index contributed by atoms with van der Waals surface area (Å²) in [5.41, 5.74) is 1.72. The average Bonchev–Trinajstić information content (AvgIpc) is 2.48. The molecule has 0 saturated carbocycles. The molecule has 110 valence electrons. The number of amides is 1. The zero-order valence-electron chi connectivity index (χ0n) is 12.1. The fraction of sp³-hybridized carbons (Fsp3) is 0.400. The predicted octanol–water partition coefficient (Wildman–Crippen LogP) is 2.21. The van der Waals surface area contributed by atoms with Gasteiger partial charge in [0, 0.05) is 25.2 Å². The van der Waals surface area contributed by atoms with Gasteiger partial charge in [-0.1, -0.05) is 12.1 Å². The van der Waals surface area contributed by atoms with Crippen molar-refractivity contribution in [2.75, 3.05) is 18.0 Å². The second kappa shape index (κ2) is 5.20. The lowest BCUT2D eigenvalue weighted by Crippen LogP contribution is -2.58. The zero-order chi connectivity index (χ0) is 15.0. The number of fused-ring (bicyclic) bond motifs is 1. The first-order chi connectivity index (χ1) is 10.1. The van der Waals surface area contributed by atoms with E-state index in [4.69, 9.17) is 0 Å². The summed E-state index contributed by atoms with van der Waals surface area (Å²) < 4.78 is 0. The highest BCUT2D eigenvalue weighted by Crippen LogP contribution is 2.22. The van der Waals surface area contributed by atoms with E-state index in [0.717, 1.165) is 16.9 Å². The number of benzene rings is 1. The molecule has 0 spiro atoms. The van der Waals surface area contributed by atoms with Crippen molar-refractivity contribution in [3.05, 3.63) is 30.5 Å². The SMILES string of the molecule is C[C@@H]1CN(c2cnc3ccccc3n2)[C@@H](C)CN1C(=O)O. The van der Waals surface area contributed by atoms with Crippen LogP contribution in [-0.4, -0.2) is 51.2 Å². The van der Waals surface area contributed by atoms with Crippen LogP contribution in [0.3, 0.4) is 0 Å². The fourth-order valence-corrected chi connectivity index (χ4v) is 2.80. The number of para-hydroxylation sites is 2. The Kier molecular flexibility index (Phi) is 3.37. The third-order valence-electron chi connectivity index (χ3n) is 3.96. The molecule has 1 N–H and O–H groups in total. The molecule has 3 rings (SSSR count). The van der Waals surface area contributed by atoms with E-state index >= 15 is 0 Å². The molecule has 6 nitrogen and oxygen atoms in total. The highest BCUT2D eigenvalue weighted by molar-refractivity contribution is 5.75. The number of carbonyl (C=O) groups is 1. The average molecular weight is 286 g/mol. The van der Waals surface area contributed by atoms with Gasteiger partial charge in [-0.25, -0.2) is 9.78 Å². The lowest BCUT2D eigenvalue weighted by atomic mass is 10.1. The van der Waals surface area contributed by atoms with Gasteiger partial charge >= 0.3 is 6.09 Å². The minimum atomic E-state index is -0.862. The first-order valence-electron chi connectivity index (χ1n) is 7.04. The van der Waals surface area contributed by atoms with Gasteiger partial charge in [0.05, 0.1) is 17.2 Å². The molecule has 1 fully saturated rings. The molecule has 1 saturated heterocycles. The summed E-state index contributed by atoms with van der Waals surface area (Å²) in [6.07, 6.45) is 0.903. The molecule has 6 heteroatoms. The molecule has 0 bridgehead atoms. The maximum atomic E-state index is 11.2. The van der Waals surface area contributed by atoms with Gasteiger partial charge in [-0.3, -0.25) is 4.98 Å². The maximum absolute atomic E-state index is 11.2. The van der Waals surface area contributed by atoms with E-state index in [0.29, 0.717) is 13.1 Å². The number of carboxylic acid groups (broad SMARTS) is 1. The summed E-state index contributed by atoms with van der Waals surface area (Å²) in [6.45, 7) is 5.03. The summed E-state index contributed by atoms with van der Waals surface area (Å²) in [6, 6.07) is 7.76. The Morgan fingerprint density at radius 2 is 1.90 bits per heavy atom. The Labute approximate surface area is 123 Å². The maximum Gasteiger partial charge on any atom is 0.407 e. The highest BCUT2D eigenvalue weighted by Gasteiger charge is 2.32. The molecular weight excluding hydrogens is 268 g/mol. The van der Waals surface area contributed by atoms with E-state index in [1.165, 1.54) is 4.90 Å². The van der Waals surface area contributed by atoms with Crippen molar-refractivity contribution in [2.45, 2.75) is 25.9 Å². The number of hydrogen-bond donors (Lipinski definition) is 1. The van der Waals surface area contributed by atoms with Gasteiger partial charge in [-0.2, -0.15) is 0 Å². The van der Waals surface area contributed by atoms with Gasteiger partial charge in [-0.05, 0) is 26.0 Å². The molecule has 0 radical (unpaired) electrons. The standard InChI is InChI=1S/C15H18N4O2/c1-10-9-19(15(20)21)11(2)8-18(10)14-7-16-12-5-3-4-6-13(12)17-14/h3-7,10-11H,8-9H2,1-2H3,(H,20,21)/t10-,11+/m0/s1. The largest absolute Gasteiger partial charge is 0.465 e. The Hall–Kier alpha value is -2.37. The van der Waals surface area contributed by atoms with Crippen LogP contribution in [0.15, 0.2) is 30.5 Å². The number of piperazine rings is 1. The van der Waals surface area contributed by atoms with Crippen LogP contribution in [0.1, 0.15) is 13.8 Å². The van der Waals surface area contributed by atoms with Gasteiger partial charge in [-0.15, -0.1) is 0 Å². The molecule has 0 unspecified atom stereocenters. The van der Waals surface area contributed by atoms with Crippen LogP contribution >= 0.6 is 0 Å². The smallest absolute Gasteiger partial charge is 0.407 e. The van der Waals surface area contributed by atoms with Crippen LogP contribution < -0.4 is 4.90 Å². The topological polar surface area (TPSA) is 69.6 Å². The predicted molar refractivity (Wildman–Crippen MR) is 80.5 cm³/mol. The molecule has 2 atom stereocenters. The Balaban J connectivity index is 1.90. The monoisotopic (exact) mass is 286 g/mol. The number of aromatic nitrogens is 2. The Bertz CT molecular complexity index is 676. The first-order valence-corrected chi connectivity index (χ1v) is 7.04. The van der Waals surface area contributed by atoms with Gasteiger partial charge in [0.15, 0.2) is 0 Å². The van der Waals surface area contributed by atoms with E-state index < -0.39 is 6.09 Å². The second-order valence-corrected chi connectivity index (χ2v) is 5.50. The number of anilines is 1. The van der Waals surface area contributed by atoms with E-state index in [-0.39, 0.29) is 12.1 Å². The number of hydrogen-bond acceptors (Lipinski definition) is 4. The molecule has 1 amide bonds. The highest BCUT2D eigenvalue weighted by atomic mass is 16.4.